The fourth-order valence-corrected chi connectivity index (χ4v) is 7.17. The first-order chi connectivity index (χ1) is 18.3. The third-order valence-corrected chi connectivity index (χ3v) is 9.44. The number of methoxy groups -OCH3 is 1. The van der Waals surface area contributed by atoms with Crippen LogP contribution in [-0.4, -0.2) is 79.4 Å². The predicted molar refractivity (Wildman–Crippen MR) is 145 cm³/mol. The lowest BCUT2D eigenvalue weighted by Gasteiger charge is -2.40. The summed E-state index contributed by atoms with van der Waals surface area (Å²) >= 11 is 2.06. The van der Waals surface area contributed by atoms with E-state index in [1.807, 2.05) is 4.90 Å². The van der Waals surface area contributed by atoms with Gasteiger partial charge in [0.25, 0.3) is 0 Å². The van der Waals surface area contributed by atoms with Crippen molar-refractivity contribution in [3.05, 3.63) is 70.8 Å². The van der Waals surface area contributed by atoms with Gasteiger partial charge in [-0.2, -0.15) is 0 Å². The van der Waals surface area contributed by atoms with E-state index in [9.17, 15) is 18.4 Å². The molecule has 0 aliphatic carbocycles. The molecule has 202 valence electrons. The highest BCUT2D eigenvalue weighted by Gasteiger charge is 2.42. The summed E-state index contributed by atoms with van der Waals surface area (Å²) in [5, 5.41) is 0. The van der Waals surface area contributed by atoms with Gasteiger partial charge in [-0.1, -0.05) is 6.07 Å². The van der Waals surface area contributed by atoms with Gasteiger partial charge in [0.05, 0.1) is 7.11 Å². The molecule has 0 aromatic heterocycles. The van der Waals surface area contributed by atoms with Gasteiger partial charge in [0.2, 0.25) is 11.8 Å². The number of ether oxygens (including phenoxy) is 1. The Kier molecular flexibility index (Phi) is 8.04. The predicted octanol–water partition coefficient (Wildman–Crippen LogP) is 4.29. The van der Waals surface area contributed by atoms with Gasteiger partial charge >= 0.3 is 0 Å². The van der Waals surface area contributed by atoms with Gasteiger partial charge in [-0.15, -0.1) is 11.8 Å². The smallest absolute Gasteiger partial charge is 0.247 e. The minimum atomic E-state index is -0.700. The van der Waals surface area contributed by atoms with Crippen molar-refractivity contribution < 1.29 is 23.1 Å². The van der Waals surface area contributed by atoms with Crippen LogP contribution in [0.5, 0.6) is 5.75 Å². The van der Waals surface area contributed by atoms with Crippen LogP contribution in [0.1, 0.15) is 36.0 Å². The number of rotatable bonds is 7. The Labute approximate surface area is 226 Å². The number of piperidine rings is 1. The van der Waals surface area contributed by atoms with Crippen LogP contribution in [0, 0.1) is 11.6 Å². The summed E-state index contributed by atoms with van der Waals surface area (Å²) in [4.78, 5) is 31.0. The van der Waals surface area contributed by atoms with Crippen LogP contribution in [0.3, 0.4) is 0 Å². The zero-order valence-corrected chi connectivity index (χ0v) is 22.4. The second-order valence-electron chi connectivity index (χ2n) is 10.2. The van der Waals surface area contributed by atoms with E-state index in [0.717, 1.165) is 68.6 Å². The zero-order valence-electron chi connectivity index (χ0n) is 21.6. The summed E-state index contributed by atoms with van der Waals surface area (Å²) in [6.07, 6.45) is 5.79. The van der Waals surface area contributed by atoms with Crippen LogP contribution in [0.4, 0.5) is 8.78 Å². The largest absolute Gasteiger partial charge is 0.497 e. The minimum Gasteiger partial charge on any atom is -0.497 e. The number of piperazine rings is 1. The number of hydrogen-bond acceptors (Lipinski definition) is 5. The molecule has 5 rings (SSSR count). The molecular weight excluding hydrogens is 508 g/mol. The normalized spacial score (nSPS) is 19.4. The Morgan fingerprint density at radius 2 is 1.82 bits per heavy atom. The third kappa shape index (κ3) is 5.89. The molecule has 6 nitrogen and oxygen atoms in total. The van der Waals surface area contributed by atoms with Crippen molar-refractivity contribution in [2.45, 2.75) is 29.8 Å². The molecule has 0 unspecified atom stereocenters. The van der Waals surface area contributed by atoms with Gasteiger partial charge in [-0.25, -0.2) is 8.78 Å². The van der Waals surface area contributed by atoms with E-state index in [2.05, 4.69) is 34.9 Å². The third-order valence-electron chi connectivity index (χ3n) is 7.81. The standard InChI is InChI=1S/C29H33F2N3O3S/c1-37-25-4-5-26-22(17-25)20-38-29(26)7-11-32(12-8-29)9-2-10-33-13-14-34(19-28(33)36)27(35)6-3-21-15-23(30)18-24(31)16-21/h3-6,15-18H,2,7-14,19-20H2,1H3/b6-3+. The number of fused-ring (bicyclic) bond motifs is 2. The van der Waals surface area contributed by atoms with Crippen molar-refractivity contribution in [1.29, 1.82) is 0 Å². The lowest BCUT2D eigenvalue weighted by atomic mass is 9.86. The molecule has 3 aliphatic heterocycles. The molecule has 0 radical (unpaired) electrons. The molecule has 3 aliphatic rings. The molecule has 0 N–H and O–H groups in total. The summed E-state index contributed by atoms with van der Waals surface area (Å²) in [5.41, 5.74) is 3.14. The van der Waals surface area contributed by atoms with E-state index in [-0.39, 0.29) is 28.7 Å². The molecule has 9 heteroatoms. The molecular formula is C29H33F2N3O3S. The summed E-state index contributed by atoms with van der Waals surface area (Å²) in [6.45, 7) is 4.70. The van der Waals surface area contributed by atoms with Crippen molar-refractivity contribution >= 4 is 29.7 Å². The van der Waals surface area contributed by atoms with Crippen LogP contribution in [0.2, 0.25) is 0 Å². The number of benzene rings is 2. The number of carbonyl (C=O) groups is 2. The maximum Gasteiger partial charge on any atom is 0.247 e. The first-order valence-corrected chi connectivity index (χ1v) is 14.1. The van der Waals surface area contributed by atoms with Crippen LogP contribution in [0.25, 0.3) is 6.08 Å². The Hall–Kier alpha value is -2.91. The van der Waals surface area contributed by atoms with Gasteiger partial charge in [0, 0.05) is 42.3 Å². The fourth-order valence-electron chi connectivity index (χ4n) is 5.67. The van der Waals surface area contributed by atoms with Crippen molar-refractivity contribution in [3.8, 4) is 5.75 Å². The first-order valence-electron chi connectivity index (χ1n) is 13.1. The molecule has 3 heterocycles. The number of carbonyl (C=O) groups excluding carboxylic acids is 2. The number of halogens is 2. The number of nitrogens with zero attached hydrogens (tertiary/aromatic N) is 3. The minimum absolute atomic E-state index is 0.0222. The molecule has 2 fully saturated rings. The highest BCUT2D eigenvalue weighted by atomic mass is 32.2. The van der Waals surface area contributed by atoms with E-state index in [1.165, 1.54) is 28.2 Å². The van der Waals surface area contributed by atoms with E-state index in [1.54, 1.807) is 7.11 Å². The van der Waals surface area contributed by atoms with E-state index in [4.69, 9.17) is 4.74 Å². The Morgan fingerprint density at radius 1 is 1.05 bits per heavy atom. The summed E-state index contributed by atoms with van der Waals surface area (Å²) < 4.78 is 32.3. The van der Waals surface area contributed by atoms with Crippen LogP contribution in [-0.2, 0) is 20.1 Å². The molecule has 0 bridgehead atoms. The SMILES string of the molecule is COc1ccc2c(c1)CSC21CCN(CCCN2CCN(C(=O)/C=C/c3cc(F)cc(F)c3)CC2=O)CC1. The Balaban J connectivity index is 1.04. The quantitative estimate of drug-likeness (QED) is 0.490. The topological polar surface area (TPSA) is 53.1 Å². The van der Waals surface area contributed by atoms with E-state index < -0.39 is 11.6 Å². The Bertz CT molecular complexity index is 1210. The van der Waals surface area contributed by atoms with E-state index in [0.29, 0.717) is 19.6 Å². The van der Waals surface area contributed by atoms with Crippen LogP contribution < -0.4 is 4.74 Å². The van der Waals surface area contributed by atoms with Gasteiger partial charge in [-0.05, 0) is 85.9 Å². The second kappa shape index (κ2) is 11.5. The lowest BCUT2D eigenvalue weighted by molar-refractivity contribution is -0.142. The number of thioether (sulfide) groups is 1. The average molecular weight is 542 g/mol. The van der Waals surface area contributed by atoms with Gasteiger partial charge in [-0.3, -0.25) is 9.59 Å². The average Bonchev–Trinajstić information content (AvgIpc) is 3.25. The maximum atomic E-state index is 13.3. The van der Waals surface area contributed by atoms with Crippen molar-refractivity contribution in [3.63, 3.8) is 0 Å². The Morgan fingerprint density at radius 3 is 2.53 bits per heavy atom. The number of amides is 2. The zero-order chi connectivity index (χ0) is 26.7. The maximum absolute atomic E-state index is 13.3. The highest BCUT2D eigenvalue weighted by Crippen LogP contribution is 2.53. The van der Waals surface area contributed by atoms with Crippen LogP contribution >= 0.6 is 11.8 Å². The molecule has 2 amide bonds. The second-order valence-corrected chi connectivity index (χ2v) is 11.5. The van der Waals surface area contributed by atoms with Crippen LogP contribution in [0.15, 0.2) is 42.5 Å². The summed E-state index contributed by atoms with van der Waals surface area (Å²) in [6, 6.07) is 9.59. The molecule has 38 heavy (non-hydrogen) atoms. The summed E-state index contributed by atoms with van der Waals surface area (Å²) in [5.74, 6) is 0.164. The van der Waals surface area contributed by atoms with Crippen molar-refractivity contribution in [1.82, 2.24) is 14.7 Å². The molecule has 1 spiro atoms. The van der Waals surface area contributed by atoms with E-state index >= 15 is 0 Å². The first kappa shape index (κ1) is 26.7. The summed E-state index contributed by atoms with van der Waals surface area (Å²) in [7, 11) is 1.71. The molecule has 2 saturated heterocycles. The van der Waals surface area contributed by atoms with Gasteiger partial charge < -0.3 is 19.4 Å². The molecule has 0 saturated carbocycles. The molecule has 0 atom stereocenters. The van der Waals surface area contributed by atoms with Gasteiger partial charge in [0.15, 0.2) is 0 Å². The lowest BCUT2D eigenvalue weighted by Crippen LogP contribution is -2.52. The van der Waals surface area contributed by atoms with Crippen molar-refractivity contribution in [2.24, 2.45) is 0 Å². The number of likely N-dealkylation sites (tertiary alicyclic amines) is 1. The molecule has 2 aromatic carbocycles. The molecule has 2 aromatic rings. The monoisotopic (exact) mass is 541 g/mol. The number of hydrogen-bond donors (Lipinski definition) is 0. The van der Waals surface area contributed by atoms with Gasteiger partial charge in [0.1, 0.15) is 23.9 Å². The van der Waals surface area contributed by atoms with Crippen molar-refractivity contribution in [2.75, 3.05) is 52.9 Å². The highest BCUT2D eigenvalue weighted by molar-refractivity contribution is 7.99. The fraction of sp³-hybridized carbons (Fsp3) is 0.448.